The van der Waals surface area contributed by atoms with Gasteiger partial charge in [-0.15, -0.1) is 0 Å². The lowest BCUT2D eigenvalue weighted by atomic mass is 10.0. The van der Waals surface area contributed by atoms with Crippen LogP contribution >= 0.6 is 0 Å². The summed E-state index contributed by atoms with van der Waals surface area (Å²) in [5, 5.41) is 0. The number of carbonyl (C=O) groups excluding carboxylic acids is 1. The minimum atomic E-state index is 0.125. The molecule has 1 atom stereocenters. The molecule has 0 spiro atoms. The molecule has 4 heteroatoms. The molecule has 1 heterocycles. The minimum absolute atomic E-state index is 0.125. The van der Waals surface area contributed by atoms with Crippen molar-refractivity contribution in [3.8, 4) is 0 Å². The van der Waals surface area contributed by atoms with E-state index < -0.39 is 0 Å². The highest BCUT2D eigenvalue weighted by Gasteiger charge is 2.23. The fraction of sp³-hybridized carbons (Fsp3) is 0.409. The first-order chi connectivity index (χ1) is 12.6. The molecular weight excluding hydrogens is 324 g/mol. The zero-order chi connectivity index (χ0) is 18.4. The van der Waals surface area contributed by atoms with Gasteiger partial charge in [0, 0.05) is 11.7 Å². The Balaban J connectivity index is 1.71. The van der Waals surface area contributed by atoms with Crippen LogP contribution in [0.5, 0.6) is 0 Å². The lowest BCUT2D eigenvalue weighted by Crippen LogP contribution is -2.39. The molecule has 1 amide bonds. The summed E-state index contributed by atoms with van der Waals surface area (Å²) in [6.07, 6.45) is 8.24. The molecule has 0 unspecified atom stereocenters. The van der Waals surface area contributed by atoms with Gasteiger partial charge in [0.2, 0.25) is 5.91 Å². The van der Waals surface area contributed by atoms with Gasteiger partial charge < -0.3 is 9.32 Å². The number of nitrogens with zero attached hydrogens (tertiary/aromatic N) is 2. The van der Waals surface area contributed by atoms with Gasteiger partial charge in [-0.2, -0.15) is 0 Å². The van der Waals surface area contributed by atoms with E-state index in [0.717, 1.165) is 30.7 Å². The lowest BCUT2D eigenvalue weighted by molar-refractivity contribution is -0.131. The second kappa shape index (κ2) is 8.86. The largest absolute Gasteiger partial charge is 0.467 e. The summed E-state index contributed by atoms with van der Waals surface area (Å²) in [4.78, 5) is 17.1. The van der Waals surface area contributed by atoms with Gasteiger partial charge in [0.15, 0.2) is 0 Å². The molecule has 3 rings (SSSR count). The van der Waals surface area contributed by atoms with E-state index >= 15 is 0 Å². The fourth-order valence-corrected chi connectivity index (χ4v) is 3.40. The third-order valence-electron chi connectivity index (χ3n) is 5.14. The van der Waals surface area contributed by atoms with Gasteiger partial charge in [0.25, 0.3) is 0 Å². The van der Waals surface area contributed by atoms with Gasteiger partial charge in [-0.3, -0.25) is 9.69 Å². The zero-order valence-corrected chi connectivity index (χ0v) is 15.7. The molecule has 0 bridgehead atoms. The first-order valence-corrected chi connectivity index (χ1v) is 9.42. The molecule has 0 fully saturated rings. The van der Waals surface area contributed by atoms with Crippen molar-refractivity contribution in [2.75, 3.05) is 13.6 Å². The second-order valence-electron chi connectivity index (χ2n) is 7.00. The van der Waals surface area contributed by atoms with Crippen LogP contribution in [0.15, 0.2) is 64.9 Å². The van der Waals surface area contributed by atoms with Crippen LogP contribution < -0.4 is 0 Å². The molecule has 0 N–H and O–H groups in total. The van der Waals surface area contributed by atoms with Gasteiger partial charge in [-0.05, 0) is 57.4 Å². The van der Waals surface area contributed by atoms with Crippen molar-refractivity contribution >= 4 is 5.91 Å². The molecule has 1 aromatic heterocycles. The predicted molar refractivity (Wildman–Crippen MR) is 103 cm³/mol. The molecule has 2 aromatic rings. The highest BCUT2D eigenvalue weighted by Crippen LogP contribution is 2.24. The number of allylic oxidation sites excluding steroid dienone is 2. The number of benzene rings is 1. The van der Waals surface area contributed by atoms with E-state index in [9.17, 15) is 4.79 Å². The number of furan rings is 1. The van der Waals surface area contributed by atoms with E-state index in [0.29, 0.717) is 13.1 Å². The average Bonchev–Trinajstić information content (AvgIpc) is 3.20. The zero-order valence-electron chi connectivity index (χ0n) is 15.7. The number of amides is 1. The van der Waals surface area contributed by atoms with Crippen molar-refractivity contribution < 1.29 is 9.21 Å². The van der Waals surface area contributed by atoms with Crippen LogP contribution in [0.3, 0.4) is 0 Å². The molecule has 0 saturated heterocycles. The predicted octanol–water partition coefficient (Wildman–Crippen LogP) is 4.76. The standard InChI is InChI=1S/C22H28N2O2/c1-18(19-10-5-3-6-11-19)23(2)17-22(25)24(16-21-14-9-15-26-21)20-12-7-4-8-13-20/h3,5-6,9-12,14-15,18H,4,7-8,13,16-17H2,1-2H3/t18-/m0/s1. The summed E-state index contributed by atoms with van der Waals surface area (Å²) < 4.78 is 5.49. The first kappa shape index (κ1) is 18.5. The SMILES string of the molecule is C[C@@H](c1ccccc1)N(C)CC(=O)N(Cc1ccco1)C1=CCCCC1. The Labute approximate surface area is 156 Å². The Hall–Kier alpha value is -2.33. The number of hydrogen-bond donors (Lipinski definition) is 0. The van der Waals surface area contributed by atoms with Crippen LogP contribution in [0.1, 0.15) is 50.0 Å². The van der Waals surface area contributed by atoms with Crippen LogP contribution in [0.2, 0.25) is 0 Å². The third kappa shape index (κ3) is 4.64. The normalized spacial score (nSPS) is 15.6. The van der Waals surface area contributed by atoms with Crippen molar-refractivity contribution in [2.45, 2.75) is 45.2 Å². The van der Waals surface area contributed by atoms with Crippen LogP contribution in [0.25, 0.3) is 0 Å². The highest BCUT2D eigenvalue weighted by atomic mass is 16.3. The Morgan fingerprint density at radius 2 is 1.96 bits per heavy atom. The summed E-state index contributed by atoms with van der Waals surface area (Å²) in [5.41, 5.74) is 2.36. The van der Waals surface area contributed by atoms with E-state index in [1.807, 2.05) is 42.3 Å². The summed E-state index contributed by atoms with van der Waals surface area (Å²) in [7, 11) is 2.01. The Morgan fingerprint density at radius 1 is 1.15 bits per heavy atom. The van der Waals surface area contributed by atoms with E-state index in [1.54, 1.807) is 6.26 Å². The van der Waals surface area contributed by atoms with Crippen molar-refractivity contribution in [3.63, 3.8) is 0 Å². The fourth-order valence-electron chi connectivity index (χ4n) is 3.40. The average molecular weight is 352 g/mol. The highest BCUT2D eigenvalue weighted by molar-refractivity contribution is 5.80. The maximum Gasteiger partial charge on any atom is 0.241 e. The van der Waals surface area contributed by atoms with Crippen molar-refractivity contribution in [1.82, 2.24) is 9.80 Å². The van der Waals surface area contributed by atoms with Crippen LogP contribution in [-0.2, 0) is 11.3 Å². The Bertz CT molecular complexity index is 722. The topological polar surface area (TPSA) is 36.7 Å². The maximum absolute atomic E-state index is 13.1. The number of likely N-dealkylation sites (N-methyl/N-ethyl adjacent to an activating group) is 1. The summed E-state index contributed by atoms with van der Waals surface area (Å²) in [6.45, 7) is 3.03. The molecule has 4 nitrogen and oxygen atoms in total. The molecule has 1 aliphatic rings. The number of carbonyl (C=O) groups is 1. The molecule has 1 aliphatic carbocycles. The summed E-state index contributed by atoms with van der Waals surface area (Å²) in [5.74, 6) is 0.948. The molecular formula is C22H28N2O2. The molecule has 138 valence electrons. The van der Waals surface area contributed by atoms with Crippen LogP contribution in [-0.4, -0.2) is 29.3 Å². The number of hydrogen-bond acceptors (Lipinski definition) is 3. The number of rotatable bonds is 7. The smallest absolute Gasteiger partial charge is 0.241 e. The van der Waals surface area contributed by atoms with E-state index in [1.165, 1.54) is 12.0 Å². The van der Waals surface area contributed by atoms with Gasteiger partial charge >= 0.3 is 0 Å². The first-order valence-electron chi connectivity index (χ1n) is 9.42. The minimum Gasteiger partial charge on any atom is -0.467 e. The third-order valence-corrected chi connectivity index (χ3v) is 5.14. The maximum atomic E-state index is 13.1. The van der Waals surface area contributed by atoms with E-state index in [-0.39, 0.29) is 11.9 Å². The van der Waals surface area contributed by atoms with Gasteiger partial charge in [0.05, 0.1) is 19.4 Å². The van der Waals surface area contributed by atoms with Gasteiger partial charge in [0.1, 0.15) is 5.76 Å². The van der Waals surface area contributed by atoms with Gasteiger partial charge in [-0.25, -0.2) is 0 Å². The summed E-state index contributed by atoms with van der Waals surface area (Å²) in [6, 6.07) is 14.3. The molecule has 1 aromatic carbocycles. The van der Waals surface area contributed by atoms with Crippen molar-refractivity contribution in [2.24, 2.45) is 0 Å². The Kier molecular flexibility index (Phi) is 6.29. The van der Waals surface area contributed by atoms with Gasteiger partial charge in [-0.1, -0.05) is 36.4 Å². The van der Waals surface area contributed by atoms with E-state index in [4.69, 9.17) is 4.42 Å². The monoisotopic (exact) mass is 352 g/mol. The van der Waals surface area contributed by atoms with Crippen molar-refractivity contribution in [3.05, 3.63) is 71.8 Å². The van der Waals surface area contributed by atoms with Crippen LogP contribution in [0, 0.1) is 0 Å². The lowest BCUT2D eigenvalue weighted by Gasteiger charge is -2.31. The molecule has 26 heavy (non-hydrogen) atoms. The molecule has 0 radical (unpaired) electrons. The van der Waals surface area contributed by atoms with Crippen molar-refractivity contribution in [1.29, 1.82) is 0 Å². The Morgan fingerprint density at radius 3 is 2.62 bits per heavy atom. The summed E-state index contributed by atoms with van der Waals surface area (Å²) >= 11 is 0. The van der Waals surface area contributed by atoms with E-state index in [2.05, 4.69) is 30.0 Å². The quantitative estimate of drug-likeness (QED) is 0.721. The second-order valence-corrected chi connectivity index (χ2v) is 7.00. The molecule has 0 saturated carbocycles. The molecule has 0 aliphatic heterocycles. The van der Waals surface area contributed by atoms with Crippen LogP contribution in [0.4, 0.5) is 0 Å².